The van der Waals surface area contributed by atoms with E-state index in [2.05, 4.69) is 11.1 Å². The number of aromatic nitrogens is 2. The second-order valence-corrected chi connectivity index (χ2v) is 7.85. The monoisotopic (exact) mass is 339 g/mol. The molecule has 0 fully saturated rings. The molecule has 1 aromatic heterocycles. The number of benzene rings is 1. The fourth-order valence-electron chi connectivity index (χ4n) is 2.98. The summed E-state index contributed by atoms with van der Waals surface area (Å²) >= 11 is 6.07. The number of sulfonamides is 1. The Bertz CT molecular complexity index is 801. The molecule has 1 aliphatic carbocycles. The van der Waals surface area contributed by atoms with Crippen LogP contribution in [0.4, 0.5) is 0 Å². The Morgan fingerprint density at radius 2 is 2.09 bits per heavy atom. The average molecular weight is 340 g/mol. The van der Waals surface area contributed by atoms with Crippen molar-refractivity contribution in [3.05, 3.63) is 46.9 Å². The van der Waals surface area contributed by atoms with E-state index in [-0.39, 0.29) is 16.2 Å². The molecule has 2 aromatic rings. The molecule has 0 unspecified atom stereocenters. The van der Waals surface area contributed by atoms with Crippen molar-refractivity contribution in [2.75, 3.05) is 7.05 Å². The molecule has 1 atom stereocenters. The first-order chi connectivity index (χ1) is 10.4. The summed E-state index contributed by atoms with van der Waals surface area (Å²) in [7, 11) is -0.447. The van der Waals surface area contributed by atoms with Crippen molar-refractivity contribution in [2.45, 2.75) is 30.3 Å². The molecule has 0 N–H and O–H groups in total. The fourth-order valence-corrected chi connectivity index (χ4v) is 4.73. The Hall–Kier alpha value is -1.37. The number of hydrogen-bond donors (Lipinski definition) is 0. The van der Waals surface area contributed by atoms with E-state index in [1.165, 1.54) is 20.8 Å². The molecule has 22 heavy (non-hydrogen) atoms. The maximum Gasteiger partial charge on any atom is 0.263 e. The molecule has 1 aliphatic rings. The van der Waals surface area contributed by atoms with E-state index in [0.717, 1.165) is 24.8 Å². The molecule has 0 amide bonds. The minimum absolute atomic E-state index is 0.0813. The summed E-state index contributed by atoms with van der Waals surface area (Å²) in [6, 6.07) is 7.84. The van der Waals surface area contributed by atoms with Crippen LogP contribution >= 0.6 is 11.6 Å². The normalized spacial score (nSPS) is 18.5. The third kappa shape index (κ3) is 2.45. The molecular formula is C15H18ClN3O2S. The van der Waals surface area contributed by atoms with E-state index < -0.39 is 10.0 Å². The van der Waals surface area contributed by atoms with E-state index in [4.69, 9.17) is 11.6 Å². The quantitative estimate of drug-likeness (QED) is 0.864. The van der Waals surface area contributed by atoms with Crippen LogP contribution in [0, 0.1) is 0 Å². The smallest absolute Gasteiger partial charge is 0.263 e. The van der Waals surface area contributed by atoms with Crippen molar-refractivity contribution >= 4 is 21.6 Å². The second kappa shape index (κ2) is 5.68. The Balaban J connectivity index is 2.01. The third-order valence-electron chi connectivity index (χ3n) is 4.23. The zero-order chi connectivity index (χ0) is 15.9. The molecule has 0 radical (unpaired) electrons. The van der Waals surface area contributed by atoms with Crippen LogP contribution < -0.4 is 0 Å². The minimum atomic E-state index is -3.72. The topological polar surface area (TPSA) is 55.2 Å². The van der Waals surface area contributed by atoms with Crippen LogP contribution in [0.15, 0.2) is 35.6 Å². The molecule has 1 aromatic carbocycles. The zero-order valence-corrected chi connectivity index (χ0v) is 14.1. The van der Waals surface area contributed by atoms with Gasteiger partial charge in [-0.15, -0.1) is 0 Å². The molecule has 7 heteroatoms. The van der Waals surface area contributed by atoms with Crippen LogP contribution in [0.3, 0.4) is 0 Å². The Kier molecular flexibility index (Phi) is 4.01. The maximum absolute atomic E-state index is 12.8. The molecule has 1 heterocycles. The third-order valence-corrected chi connectivity index (χ3v) is 6.59. The van der Waals surface area contributed by atoms with Gasteiger partial charge in [-0.1, -0.05) is 35.9 Å². The highest BCUT2D eigenvalue weighted by Gasteiger charge is 2.34. The summed E-state index contributed by atoms with van der Waals surface area (Å²) in [4.78, 5) is 3.96. The van der Waals surface area contributed by atoms with E-state index in [1.807, 2.05) is 18.2 Å². The number of halogens is 1. The van der Waals surface area contributed by atoms with Gasteiger partial charge in [0.1, 0.15) is 5.15 Å². The van der Waals surface area contributed by atoms with E-state index >= 15 is 0 Å². The van der Waals surface area contributed by atoms with Gasteiger partial charge < -0.3 is 4.57 Å². The molecule has 0 spiro atoms. The van der Waals surface area contributed by atoms with Gasteiger partial charge in [0.15, 0.2) is 0 Å². The Morgan fingerprint density at radius 3 is 2.77 bits per heavy atom. The molecular weight excluding hydrogens is 322 g/mol. The summed E-state index contributed by atoms with van der Waals surface area (Å²) in [6.07, 6.45) is 4.18. The van der Waals surface area contributed by atoms with Crippen LogP contribution in [-0.4, -0.2) is 29.3 Å². The number of imidazole rings is 1. The van der Waals surface area contributed by atoms with Gasteiger partial charge in [-0.25, -0.2) is 13.4 Å². The molecule has 118 valence electrons. The molecule has 0 saturated heterocycles. The summed E-state index contributed by atoms with van der Waals surface area (Å²) in [5.41, 5.74) is 2.29. The Morgan fingerprint density at radius 1 is 1.36 bits per heavy atom. The van der Waals surface area contributed by atoms with Crippen molar-refractivity contribution in [1.82, 2.24) is 13.9 Å². The highest BCUT2D eigenvalue weighted by Crippen LogP contribution is 2.36. The van der Waals surface area contributed by atoms with E-state index in [0.29, 0.717) is 0 Å². The van der Waals surface area contributed by atoms with Crippen LogP contribution in [0.25, 0.3) is 0 Å². The highest BCUT2D eigenvalue weighted by atomic mass is 35.5. The number of fused-ring (bicyclic) bond motifs is 1. The number of aryl methyl sites for hydroxylation is 2. The van der Waals surface area contributed by atoms with Gasteiger partial charge in [-0.2, -0.15) is 4.31 Å². The van der Waals surface area contributed by atoms with Crippen LogP contribution in [0.1, 0.15) is 30.0 Å². The Labute approximate surface area is 135 Å². The van der Waals surface area contributed by atoms with Gasteiger partial charge in [0.2, 0.25) is 5.03 Å². The zero-order valence-electron chi connectivity index (χ0n) is 12.5. The van der Waals surface area contributed by atoms with Crippen LogP contribution in [0.5, 0.6) is 0 Å². The summed E-state index contributed by atoms with van der Waals surface area (Å²) < 4.78 is 28.6. The standard InChI is InChI=1S/C15H18ClN3O2S/c1-18-10-17-15(14(18)16)22(20,21)19(2)13-9-5-7-11-6-3-4-8-12(11)13/h3-4,6,8,10,13H,5,7,9H2,1-2H3/t13-/m0/s1. The predicted molar refractivity (Wildman–Crippen MR) is 85.3 cm³/mol. The lowest BCUT2D eigenvalue weighted by Gasteiger charge is -2.32. The van der Waals surface area contributed by atoms with Crippen LogP contribution in [-0.2, 0) is 23.5 Å². The van der Waals surface area contributed by atoms with E-state index in [9.17, 15) is 8.42 Å². The largest absolute Gasteiger partial charge is 0.324 e. The lowest BCUT2D eigenvalue weighted by atomic mass is 9.88. The lowest BCUT2D eigenvalue weighted by molar-refractivity contribution is 0.336. The maximum atomic E-state index is 12.8. The lowest BCUT2D eigenvalue weighted by Crippen LogP contribution is -2.33. The molecule has 0 saturated carbocycles. The van der Waals surface area contributed by atoms with E-state index in [1.54, 1.807) is 14.1 Å². The van der Waals surface area contributed by atoms with Gasteiger partial charge in [0.05, 0.1) is 12.4 Å². The SMILES string of the molecule is CN([C@H]1CCCc2ccccc21)S(=O)(=O)c1ncn(C)c1Cl. The fraction of sp³-hybridized carbons (Fsp3) is 0.400. The molecule has 0 bridgehead atoms. The second-order valence-electron chi connectivity index (χ2n) is 5.58. The summed E-state index contributed by atoms with van der Waals surface area (Å²) in [5, 5.41) is 0.0539. The van der Waals surface area contributed by atoms with Gasteiger partial charge >= 0.3 is 0 Å². The first-order valence-corrected chi connectivity index (χ1v) is 8.97. The first kappa shape index (κ1) is 15.5. The number of rotatable bonds is 3. The van der Waals surface area contributed by atoms with Gasteiger partial charge in [-0.05, 0) is 30.4 Å². The summed E-state index contributed by atoms with van der Waals surface area (Å²) in [5.74, 6) is 0. The van der Waals surface area contributed by atoms with Gasteiger partial charge in [0.25, 0.3) is 10.0 Å². The average Bonchev–Trinajstić information content (AvgIpc) is 2.86. The number of hydrogen-bond acceptors (Lipinski definition) is 3. The van der Waals surface area contributed by atoms with Crippen molar-refractivity contribution < 1.29 is 8.42 Å². The van der Waals surface area contributed by atoms with Gasteiger partial charge in [-0.3, -0.25) is 0 Å². The van der Waals surface area contributed by atoms with Crippen molar-refractivity contribution in [2.24, 2.45) is 7.05 Å². The van der Waals surface area contributed by atoms with Gasteiger partial charge in [0, 0.05) is 14.1 Å². The first-order valence-electron chi connectivity index (χ1n) is 7.15. The predicted octanol–water partition coefficient (Wildman–Crippen LogP) is 2.77. The number of nitrogens with zero attached hydrogens (tertiary/aromatic N) is 3. The molecule has 3 rings (SSSR count). The molecule has 5 nitrogen and oxygen atoms in total. The highest BCUT2D eigenvalue weighted by molar-refractivity contribution is 7.89. The van der Waals surface area contributed by atoms with Crippen molar-refractivity contribution in [3.8, 4) is 0 Å². The molecule has 0 aliphatic heterocycles. The minimum Gasteiger partial charge on any atom is -0.324 e. The van der Waals surface area contributed by atoms with Crippen molar-refractivity contribution in [1.29, 1.82) is 0 Å². The van der Waals surface area contributed by atoms with Crippen molar-refractivity contribution in [3.63, 3.8) is 0 Å². The van der Waals surface area contributed by atoms with Crippen LogP contribution in [0.2, 0.25) is 5.15 Å². The summed E-state index contributed by atoms with van der Waals surface area (Å²) in [6.45, 7) is 0.